The molecule has 158 valence electrons. The van der Waals surface area contributed by atoms with E-state index in [1.54, 1.807) is 12.0 Å². The minimum absolute atomic E-state index is 0.0000628. The van der Waals surface area contributed by atoms with E-state index >= 15 is 0 Å². The number of hydrogen-bond donors (Lipinski definition) is 0. The highest BCUT2D eigenvalue weighted by Gasteiger charge is 2.17. The molecule has 0 unspecified atom stereocenters. The zero-order valence-corrected chi connectivity index (χ0v) is 17.7. The highest BCUT2D eigenvalue weighted by atomic mass is 16.5. The molecule has 0 saturated heterocycles. The Hall–Kier alpha value is -3.80. The number of rotatable bonds is 8. The van der Waals surface area contributed by atoms with E-state index in [9.17, 15) is 4.79 Å². The third kappa shape index (κ3) is 4.86. The van der Waals surface area contributed by atoms with E-state index in [4.69, 9.17) is 14.5 Å². The second-order valence-electron chi connectivity index (χ2n) is 7.30. The summed E-state index contributed by atoms with van der Waals surface area (Å²) in [7, 11) is 3.45. The van der Waals surface area contributed by atoms with Gasteiger partial charge in [-0.1, -0.05) is 42.5 Å². The molecule has 1 aromatic heterocycles. The van der Waals surface area contributed by atoms with E-state index in [2.05, 4.69) is 0 Å². The fourth-order valence-corrected chi connectivity index (χ4v) is 3.43. The Morgan fingerprint density at radius 2 is 1.65 bits per heavy atom. The van der Waals surface area contributed by atoms with Crippen molar-refractivity contribution in [3.8, 4) is 11.5 Å². The van der Waals surface area contributed by atoms with E-state index < -0.39 is 0 Å². The van der Waals surface area contributed by atoms with Gasteiger partial charge in [-0.25, -0.2) is 4.98 Å². The van der Waals surface area contributed by atoms with E-state index in [1.165, 1.54) is 0 Å². The van der Waals surface area contributed by atoms with Crippen molar-refractivity contribution in [3.63, 3.8) is 0 Å². The summed E-state index contributed by atoms with van der Waals surface area (Å²) < 4.78 is 13.0. The van der Waals surface area contributed by atoms with Crippen LogP contribution >= 0.6 is 0 Å². The zero-order valence-electron chi connectivity index (χ0n) is 17.7. The fraction of sp³-hybridized carbons (Fsp3) is 0.200. The molecule has 0 atom stereocenters. The van der Waals surface area contributed by atoms with Crippen molar-refractivity contribution in [1.29, 1.82) is 0 Å². The van der Waals surface area contributed by atoms with Gasteiger partial charge in [0.15, 0.2) is 0 Å². The molecule has 0 aliphatic heterocycles. The average molecular weight is 415 g/mol. The van der Waals surface area contributed by atoms with Crippen LogP contribution in [0.25, 0.3) is 11.0 Å². The van der Waals surface area contributed by atoms with E-state index in [0.717, 1.165) is 33.9 Å². The van der Waals surface area contributed by atoms with E-state index in [0.29, 0.717) is 6.54 Å². The first-order valence-corrected chi connectivity index (χ1v) is 10.1. The molecule has 0 aliphatic rings. The van der Waals surface area contributed by atoms with Gasteiger partial charge >= 0.3 is 0 Å². The number of para-hydroxylation sites is 3. The van der Waals surface area contributed by atoms with Crippen molar-refractivity contribution in [1.82, 2.24) is 14.5 Å². The first-order valence-electron chi connectivity index (χ1n) is 10.1. The molecular formula is C25H25N3O3. The number of nitrogens with zero attached hydrogens (tertiary/aromatic N) is 3. The predicted molar refractivity (Wildman–Crippen MR) is 120 cm³/mol. The summed E-state index contributed by atoms with van der Waals surface area (Å²) in [5.41, 5.74) is 2.81. The summed E-state index contributed by atoms with van der Waals surface area (Å²) in [4.78, 5) is 19.4. The van der Waals surface area contributed by atoms with Crippen LogP contribution in [0.4, 0.5) is 0 Å². The second kappa shape index (κ2) is 9.34. The molecule has 0 saturated carbocycles. The van der Waals surface area contributed by atoms with Crippen LogP contribution in [-0.2, 0) is 24.5 Å². The topological polar surface area (TPSA) is 56.6 Å². The molecule has 6 nitrogen and oxygen atoms in total. The van der Waals surface area contributed by atoms with Crippen molar-refractivity contribution in [2.45, 2.75) is 19.7 Å². The summed E-state index contributed by atoms with van der Waals surface area (Å²) in [6.45, 7) is 1.00. The molecule has 0 aliphatic carbocycles. The molecule has 0 N–H and O–H groups in total. The van der Waals surface area contributed by atoms with Gasteiger partial charge in [-0.15, -0.1) is 0 Å². The molecule has 0 radical (unpaired) electrons. The molecule has 4 rings (SSSR count). The SMILES string of the molecule is COc1ccc(CN(C)C(=O)Cn2c(COc3ccccc3)nc3ccccc32)cc1. The summed E-state index contributed by atoms with van der Waals surface area (Å²) >= 11 is 0. The zero-order chi connectivity index (χ0) is 21.6. The van der Waals surface area contributed by atoms with E-state index in [-0.39, 0.29) is 19.1 Å². The summed E-state index contributed by atoms with van der Waals surface area (Å²) in [6.07, 6.45) is 0. The van der Waals surface area contributed by atoms with Crippen molar-refractivity contribution in [3.05, 3.63) is 90.3 Å². The van der Waals surface area contributed by atoms with Crippen LogP contribution in [0.2, 0.25) is 0 Å². The Kier molecular flexibility index (Phi) is 6.17. The molecule has 0 spiro atoms. The number of fused-ring (bicyclic) bond motifs is 1. The molecule has 3 aromatic carbocycles. The first kappa shape index (κ1) is 20.5. The van der Waals surface area contributed by atoms with Crippen LogP contribution in [-0.4, -0.2) is 34.5 Å². The highest BCUT2D eigenvalue weighted by Crippen LogP contribution is 2.19. The van der Waals surface area contributed by atoms with Gasteiger partial charge in [-0.05, 0) is 42.0 Å². The lowest BCUT2D eigenvalue weighted by Crippen LogP contribution is -2.30. The summed E-state index contributed by atoms with van der Waals surface area (Å²) in [5.74, 6) is 2.28. The van der Waals surface area contributed by atoms with Gasteiger partial charge in [-0.3, -0.25) is 4.79 Å². The minimum Gasteiger partial charge on any atom is -0.497 e. The Bertz CT molecular complexity index is 1150. The van der Waals surface area contributed by atoms with Gasteiger partial charge in [0.1, 0.15) is 30.5 Å². The van der Waals surface area contributed by atoms with Crippen LogP contribution < -0.4 is 9.47 Å². The average Bonchev–Trinajstić information content (AvgIpc) is 3.16. The monoisotopic (exact) mass is 415 g/mol. The molecule has 6 heteroatoms. The molecule has 4 aromatic rings. The molecule has 0 bridgehead atoms. The maximum absolute atomic E-state index is 13.0. The van der Waals surface area contributed by atoms with Crippen LogP contribution in [0.15, 0.2) is 78.9 Å². The smallest absolute Gasteiger partial charge is 0.242 e. The fourth-order valence-electron chi connectivity index (χ4n) is 3.43. The Morgan fingerprint density at radius 1 is 0.935 bits per heavy atom. The van der Waals surface area contributed by atoms with Crippen LogP contribution in [0, 0.1) is 0 Å². The summed E-state index contributed by atoms with van der Waals surface area (Å²) in [5, 5.41) is 0. The van der Waals surface area contributed by atoms with Crippen molar-refractivity contribution in [2.75, 3.05) is 14.2 Å². The van der Waals surface area contributed by atoms with Crippen LogP contribution in [0.1, 0.15) is 11.4 Å². The number of likely N-dealkylation sites (N-methyl/N-ethyl adjacent to an activating group) is 1. The number of ether oxygens (including phenoxy) is 2. The third-order valence-electron chi connectivity index (χ3n) is 5.14. The van der Waals surface area contributed by atoms with Gasteiger partial charge in [0.25, 0.3) is 0 Å². The van der Waals surface area contributed by atoms with E-state index in [1.807, 2.05) is 90.5 Å². The number of hydrogen-bond acceptors (Lipinski definition) is 4. The Morgan fingerprint density at radius 3 is 2.39 bits per heavy atom. The lowest BCUT2D eigenvalue weighted by Gasteiger charge is -2.19. The number of imidazole rings is 1. The normalized spacial score (nSPS) is 10.8. The quantitative estimate of drug-likeness (QED) is 0.431. The first-order chi connectivity index (χ1) is 15.1. The van der Waals surface area contributed by atoms with Crippen molar-refractivity contribution < 1.29 is 14.3 Å². The molecule has 1 heterocycles. The van der Waals surface area contributed by atoms with Crippen molar-refractivity contribution in [2.24, 2.45) is 0 Å². The van der Waals surface area contributed by atoms with Crippen LogP contribution in [0.5, 0.6) is 11.5 Å². The molecule has 1 amide bonds. The number of carbonyl (C=O) groups excluding carboxylic acids is 1. The molecule has 0 fully saturated rings. The lowest BCUT2D eigenvalue weighted by molar-refractivity contribution is -0.131. The highest BCUT2D eigenvalue weighted by molar-refractivity contribution is 5.81. The predicted octanol–water partition coefficient (Wildman–Crippen LogP) is 4.28. The summed E-state index contributed by atoms with van der Waals surface area (Å²) in [6, 6.07) is 25.2. The van der Waals surface area contributed by atoms with Gasteiger partial charge in [0.05, 0.1) is 18.1 Å². The molecule has 31 heavy (non-hydrogen) atoms. The number of aromatic nitrogens is 2. The maximum atomic E-state index is 13.0. The van der Waals surface area contributed by atoms with Gasteiger partial charge in [0, 0.05) is 13.6 Å². The largest absolute Gasteiger partial charge is 0.497 e. The van der Waals surface area contributed by atoms with Gasteiger partial charge < -0.3 is 18.9 Å². The van der Waals surface area contributed by atoms with Crippen molar-refractivity contribution >= 4 is 16.9 Å². The third-order valence-corrected chi connectivity index (χ3v) is 5.14. The number of methoxy groups -OCH3 is 1. The van der Waals surface area contributed by atoms with Gasteiger partial charge in [0.2, 0.25) is 5.91 Å². The molecular weight excluding hydrogens is 390 g/mol. The lowest BCUT2D eigenvalue weighted by atomic mass is 10.2. The maximum Gasteiger partial charge on any atom is 0.242 e. The second-order valence-corrected chi connectivity index (χ2v) is 7.30. The van der Waals surface area contributed by atoms with Gasteiger partial charge in [-0.2, -0.15) is 0 Å². The van der Waals surface area contributed by atoms with Crippen LogP contribution in [0.3, 0.4) is 0 Å². The Balaban J connectivity index is 1.51. The Labute approximate surface area is 181 Å². The number of amides is 1. The standard InChI is InChI=1S/C25H25N3O3/c1-27(16-19-12-14-20(30-2)15-13-19)25(29)17-28-23-11-7-6-10-22(23)26-24(28)18-31-21-8-4-3-5-9-21/h3-15H,16-18H2,1-2H3. The minimum atomic E-state index is -0.0000628. The number of carbonyl (C=O) groups is 1. The number of benzene rings is 3.